The molecular weight excluding hydrogens is 246 g/mol. The Morgan fingerprint density at radius 2 is 1.74 bits per heavy atom. The van der Waals surface area contributed by atoms with Crippen molar-refractivity contribution in [2.24, 2.45) is 0 Å². The Hall–Kier alpha value is -0.980. The number of aliphatic hydroxyl groups excluding tert-OH is 3. The fraction of sp³-hybridized carbons (Fsp3) is 0.571. The van der Waals surface area contributed by atoms with Gasteiger partial charge in [0, 0.05) is 6.54 Å². The van der Waals surface area contributed by atoms with Gasteiger partial charge in [0.25, 0.3) is 0 Å². The van der Waals surface area contributed by atoms with E-state index in [1.54, 1.807) is 6.92 Å². The quantitative estimate of drug-likeness (QED) is 0.599. The molecule has 0 radical (unpaired) electrons. The molecule has 1 aliphatic rings. The van der Waals surface area contributed by atoms with Crippen molar-refractivity contribution in [3.8, 4) is 0 Å². The normalized spacial score (nSPS) is 35.3. The fourth-order valence-electron chi connectivity index (χ4n) is 2.22. The van der Waals surface area contributed by atoms with Crippen LogP contribution in [0.3, 0.4) is 0 Å². The first-order chi connectivity index (χ1) is 9.09. The predicted octanol–water partition coefficient (Wildman–Crippen LogP) is -0.354. The third-order valence-electron chi connectivity index (χ3n) is 3.45. The summed E-state index contributed by atoms with van der Waals surface area (Å²) in [5.41, 5.74) is 1.19. The molecule has 4 N–H and O–H groups in total. The summed E-state index contributed by atoms with van der Waals surface area (Å²) in [4.78, 5) is 0. The van der Waals surface area contributed by atoms with E-state index in [0.717, 1.165) is 6.42 Å². The molecule has 0 bridgehead atoms. The number of rotatable bonds is 4. The molecule has 0 amide bonds. The molecule has 1 saturated heterocycles. The molecule has 0 aliphatic carbocycles. The van der Waals surface area contributed by atoms with Crippen LogP contribution in [-0.2, 0) is 11.2 Å². The summed E-state index contributed by atoms with van der Waals surface area (Å²) >= 11 is 0. The number of aliphatic hydroxyl groups is 3. The van der Waals surface area contributed by atoms with Gasteiger partial charge in [0.05, 0.1) is 6.10 Å². The maximum absolute atomic E-state index is 9.83. The minimum absolute atomic E-state index is 0.507. The Labute approximate surface area is 112 Å². The van der Waals surface area contributed by atoms with Crippen LogP contribution in [0.15, 0.2) is 30.3 Å². The minimum Gasteiger partial charge on any atom is -0.388 e. The molecule has 1 fully saturated rings. The lowest BCUT2D eigenvalue weighted by Gasteiger charge is -2.39. The summed E-state index contributed by atoms with van der Waals surface area (Å²) in [5, 5.41) is 32.1. The molecule has 106 valence electrons. The minimum atomic E-state index is -1.18. The number of hydrogen-bond donors (Lipinski definition) is 4. The van der Waals surface area contributed by atoms with Gasteiger partial charge in [-0.3, -0.25) is 5.32 Å². The van der Waals surface area contributed by atoms with E-state index in [0.29, 0.717) is 6.54 Å². The monoisotopic (exact) mass is 267 g/mol. The summed E-state index contributed by atoms with van der Waals surface area (Å²) in [7, 11) is 0. The Kier molecular flexibility index (Phi) is 4.90. The van der Waals surface area contributed by atoms with Crippen molar-refractivity contribution in [3.05, 3.63) is 35.9 Å². The Balaban J connectivity index is 1.82. The van der Waals surface area contributed by atoms with Gasteiger partial charge in [0.2, 0.25) is 0 Å². The second kappa shape index (κ2) is 6.45. The van der Waals surface area contributed by atoms with Crippen LogP contribution in [0, 0.1) is 0 Å². The van der Waals surface area contributed by atoms with Gasteiger partial charge in [-0.15, -0.1) is 0 Å². The molecule has 1 heterocycles. The molecule has 5 atom stereocenters. The van der Waals surface area contributed by atoms with E-state index in [9.17, 15) is 15.3 Å². The van der Waals surface area contributed by atoms with E-state index >= 15 is 0 Å². The highest BCUT2D eigenvalue weighted by atomic mass is 16.5. The summed E-state index contributed by atoms with van der Waals surface area (Å²) in [5.74, 6) is 0. The molecule has 1 aromatic rings. The fourth-order valence-corrected chi connectivity index (χ4v) is 2.22. The summed E-state index contributed by atoms with van der Waals surface area (Å²) < 4.78 is 5.45. The van der Waals surface area contributed by atoms with Gasteiger partial charge < -0.3 is 20.1 Å². The molecule has 0 saturated carbocycles. The van der Waals surface area contributed by atoms with E-state index in [1.807, 2.05) is 30.3 Å². The standard InChI is InChI=1S/C14H21NO4/c1-9-11(16)12(17)13(18)14(19-9)15-8-7-10-5-3-2-4-6-10/h2-6,9,11-18H,7-8H2,1H3/t9-,11-,12-,13-,14+/m0/s1. The molecule has 5 heteroatoms. The molecule has 1 aromatic carbocycles. The van der Waals surface area contributed by atoms with Crippen LogP contribution in [0.25, 0.3) is 0 Å². The largest absolute Gasteiger partial charge is 0.388 e. The van der Waals surface area contributed by atoms with Gasteiger partial charge in [-0.1, -0.05) is 30.3 Å². The SMILES string of the molecule is C[C@@H]1O[C@@H](NCCc2ccccc2)[C@@H](O)[C@@H](O)[C@H]1O. The smallest absolute Gasteiger partial charge is 0.137 e. The van der Waals surface area contributed by atoms with Crippen molar-refractivity contribution in [1.82, 2.24) is 5.32 Å². The zero-order valence-corrected chi connectivity index (χ0v) is 10.9. The highest BCUT2D eigenvalue weighted by Crippen LogP contribution is 2.19. The van der Waals surface area contributed by atoms with Crippen LogP contribution in [0.2, 0.25) is 0 Å². The molecule has 19 heavy (non-hydrogen) atoms. The first kappa shape index (κ1) is 14.4. The maximum Gasteiger partial charge on any atom is 0.137 e. The third-order valence-corrected chi connectivity index (χ3v) is 3.45. The van der Waals surface area contributed by atoms with Crippen molar-refractivity contribution >= 4 is 0 Å². The van der Waals surface area contributed by atoms with Crippen molar-refractivity contribution < 1.29 is 20.1 Å². The topological polar surface area (TPSA) is 82.0 Å². The zero-order chi connectivity index (χ0) is 13.8. The molecule has 1 aliphatic heterocycles. The number of hydrogen-bond acceptors (Lipinski definition) is 5. The third kappa shape index (κ3) is 3.52. The summed E-state index contributed by atoms with van der Waals surface area (Å²) in [6, 6.07) is 9.97. The average molecular weight is 267 g/mol. The lowest BCUT2D eigenvalue weighted by atomic mass is 9.99. The van der Waals surface area contributed by atoms with Crippen LogP contribution in [0.5, 0.6) is 0 Å². The van der Waals surface area contributed by atoms with E-state index in [1.165, 1.54) is 5.56 Å². The Morgan fingerprint density at radius 3 is 2.42 bits per heavy atom. The molecular formula is C14H21NO4. The van der Waals surface area contributed by atoms with Gasteiger partial charge in [0.15, 0.2) is 0 Å². The van der Waals surface area contributed by atoms with Crippen molar-refractivity contribution in [3.63, 3.8) is 0 Å². The first-order valence-corrected chi connectivity index (χ1v) is 6.56. The average Bonchev–Trinajstić information content (AvgIpc) is 2.43. The van der Waals surface area contributed by atoms with E-state index in [-0.39, 0.29) is 0 Å². The van der Waals surface area contributed by atoms with Crippen LogP contribution in [-0.4, -0.2) is 52.5 Å². The Bertz CT molecular complexity index is 386. The predicted molar refractivity (Wildman–Crippen MR) is 70.5 cm³/mol. The molecule has 0 aromatic heterocycles. The van der Waals surface area contributed by atoms with E-state index in [2.05, 4.69) is 5.32 Å². The maximum atomic E-state index is 9.83. The number of nitrogens with one attached hydrogen (secondary N) is 1. The van der Waals surface area contributed by atoms with Gasteiger partial charge in [-0.2, -0.15) is 0 Å². The summed E-state index contributed by atoms with van der Waals surface area (Å²) in [6.07, 6.45) is -3.72. The highest BCUT2D eigenvalue weighted by Gasteiger charge is 2.41. The second-order valence-corrected chi connectivity index (χ2v) is 4.92. The van der Waals surface area contributed by atoms with Crippen LogP contribution in [0.4, 0.5) is 0 Å². The van der Waals surface area contributed by atoms with Gasteiger partial charge >= 0.3 is 0 Å². The number of benzene rings is 1. The van der Waals surface area contributed by atoms with E-state index < -0.39 is 30.6 Å². The van der Waals surface area contributed by atoms with Crippen molar-refractivity contribution in [2.75, 3.05) is 6.54 Å². The van der Waals surface area contributed by atoms with Crippen LogP contribution in [0.1, 0.15) is 12.5 Å². The van der Waals surface area contributed by atoms with Crippen molar-refractivity contribution in [2.45, 2.75) is 44.0 Å². The Morgan fingerprint density at radius 1 is 1.05 bits per heavy atom. The highest BCUT2D eigenvalue weighted by molar-refractivity contribution is 5.14. The van der Waals surface area contributed by atoms with Gasteiger partial charge in [-0.25, -0.2) is 0 Å². The molecule has 2 rings (SSSR count). The van der Waals surface area contributed by atoms with Crippen LogP contribution >= 0.6 is 0 Å². The lowest BCUT2D eigenvalue weighted by Crippen LogP contribution is -2.61. The molecule has 5 nitrogen and oxygen atoms in total. The van der Waals surface area contributed by atoms with Crippen LogP contribution < -0.4 is 5.32 Å². The number of ether oxygens (including phenoxy) is 1. The second-order valence-electron chi connectivity index (χ2n) is 4.92. The van der Waals surface area contributed by atoms with E-state index in [4.69, 9.17) is 4.74 Å². The molecule has 0 spiro atoms. The van der Waals surface area contributed by atoms with Gasteiger partial charge in [0.1, 0.15) is 24.5 Å². The van der Waals surface area contributed by atoms with Crippen molar-refractivity contribution in [1.29, 1.82) is 0 Å². The molecule has 0 unspecified atom stereocenters. The first-order valence-electron chi connectivity index (χ1n) is 6.56. The summed E-state index contributed by atoms with van der Waals surface area (Å²) in [6.45, 7) is 2.30. The zero-order valence-electron chi connectivity index (χ0n) is 10.9. The lowest BCUT2D eigenvalue weighted by molar-refractivity contribution is -0.224. The van der Waals surface area contributed by atoms with Gasteiger partial charge in [-0.05, 0) is 18.9 Å².